The van der Waals surface area contributed by atoms with Crippen molar-refractivity contribution in [2.24, 2.45) is 0 Å². The van der Waals surface area contributed by atoms with Crippen LogP contribution in [0.3, 0.4) is 0 Å². The Morgan fingerprint density at radius 1 is 1.00 bits per heavy atom. The highest BCUT2D eigenvalue weighted by atomic mass is 79.9. The molecule has 2 saturated heterocycles. The highest BCUT2D eigenvalue weighted by molar-refractivity contribution is 9.10. The number of aromatic nitrogens is 2. The van der Waals surface area contributed by atoms with Gasteiger partial charge in [0.15, 0.2) is 0 Å². The third-order valence-corrected chi connectivity index (χ3v) is 5.45. The van der Waals surface area contributed by atoms with Gasteiger partial charge in [0.25, 0.3) is 0 Å². The summed E-state index contributed by atoms with van der Waals surface area (Å²) in [7, 11) is 0. The van der Waals surface area contributed by atoms with Crippen molar-refractivity contribution in [2.45, 2.75) is 25.4 Å². The van der Waals surface area contributed by atoms with Gasteiger partial charge in [-0.05, 0) is 43.7 Å². The van der Waals surface area contributed by atoms with Crippen LogP contribution < -0.4 is 0 Å². The number of hydrogen-bond acceptors (Lipinski definition) is 4. The second-order valence-electron chi connectivity index (χ2n) is 6.48. The van der Waals surface area contributed by atoms with Gasteiger partial charge in [0, 0.05) is 42.3 Å². The van der Waals surface area contributed by atoms with Crippen LogP contribution in [0.15, 0.2) is 40.9 Å². The van der Waals surface area contributed by atoms with Crippen LogP contribution in [0.5, 0.6) is 0 Å². The van der Waals surface area contributed by atoms with Gasteiger partial charge < -0.3 is 0 Å². The van der Waals surface area contributed by atoms with Crippen molar-refractivity contribution in [3.8, 4) is 11.3 Å². The van der Waals surface area contributed by atoms with Crippen LogP contribution in [0.2, 0.25) is 0 Å². The van der Waals surface area contributed by atoms with Gasteiger partial charge in [0.1, 0.15) is 0 Å². The van der Waals surface area contributed by atoms with E-state index in [-0.39, 0.29) is 0 Å². The molecule has 0 radical (unpaired) electrons. The lowest BCUT2D eigenvalue weighted by molar-refractivity contribution is 0.0982. The smallest absolute Gasteiger partial charge is 0.0929 e. The molecule has 0 unspecified atom stereocenters. The molecule has 23 heavy (non-hydrogen) atoms. The first-order valence-corrected chi connectivity index (χ1v) is 9.12. The molecule has 0 N–H and O–H groups in total. The maximum absolute atomic E-state index is 4.44. The molecule has 1 aromatic carbocycles. The Balaban J connectivity index is 1.41. The van der Waals surface area contributed by atoms with E-state index in [2.05, 4.69) is 60.2 Å². The molecular weight excluding hydrogens is 352 g/mol. The summed E-state index contributed by atoms with van der Waals surface area (Å²) in [5, 5.41) is 8.85. The van der Waals surface area contributed by atoms with Gasteiger partial charge in [-0.15, -0.1) is 0 Å². The number of fused-ring (bicyclic) bond motifs is 1. The van der Waals surface area contributed by atoms with Crippen LogP contribution in [0, 0.1) is 0 Å². The van der Waals surface area contributed by atoms with Crippen molar-refractivity contribution in [1.29, 1.82) is 0 Å². The molecule has 0 bridgehead atoms. The van der Waals surface area contributed by atoms with E-state index in [0.29, 0.717) is 0 Å². The van der Waals surface area contributed by atoms with Gasteiger partial charge in [0.2, 0.25) is 0 Å². The van der Waals surface area contributed by atoms with Crippen molar-refractivity contribution in [3.63, 3.8) is 0 Å². The summed E-state index contributed by atoms with van der Waals surface area (Å²) >= 11 is 3.46. The molecule has 0 aliphatic carbocycles. The predicted octanol–water partition coefficient (Wildman–Crippen LogP) is 3.19. The Bertz CT molecular complexity index is 656. The molecule has 2 aromatic rings. The van der Waals surface area contributed by atoms with Crippen molar-refractivity contribution in [3.05, 3.63) is 46.6 Å². The zero-order valence-electron chi connectivity index (χ0n) is 13.2. The molecule has 120 valence electrons. The Hall–Kier alpha value is -1.30. The lowest BCUT2D eigenvalue weighted by Crippen LogP contribution is -2.49. The zero-order valence-corrected chi connectivity index (χ0v) is 14.7. The standard InChI is InChI=1S/C18H21BrN4/c19-15-5-3-14(4-6-15)18-8-7-16(20-21-18)12-22-10-11-23-9-1-2-17(23)13-22/h3-8,17H,1-2,9-13H2/t17-/m0/s1. The lowest BCUT2D eigenvalue weighted by Gasteiger charge is -2.37. The average molecular weight is 373 g/mol. The molecule has 4 rings (SSSR count). The Kier molecular flexibility index (Phi) is 4.42. The number of nitrogens with zero attached hydrogens (tertiary/aromatic N) is 4. The summed E-state index contributed by atoms with van der Waals surface area (Å²) in [4.78, 5) is 5.16. The number of rotatable bonds is 3. The second kappa shape index (κ2) is 6.67. The molecule has 1 atom stereocenters. The molecule has 2 aliphatic heterocycles. The second-order valence-corrected chi connectivity index (χ2v) is 7.40. The van der Waals surface area contributed by atoms with E-state index >= 15 is 0 Å². The molecule has 2 aliphatic rings. The lowest BCUT2D eigenvalue weighted by atomic mass is 10.1. The van der Waals surface area contributed by atoms with E-state index in [4.69, 9.17) is 0 Å². The van der Waals surface area contributed by atoms with Gasteiger partial charge in [-0.1, -0.05) is 28.1 Å². The van der Waals surface area contributed by atoms with E-state index in [1.54, 1.807) is 0 Å². The van der Waals surface area contributed by atoms with E-state index in [1.165, 1.54) is 32.5 Å². The number of piperazine rings is 1. The fourth-order valence-electron chi connectivity index (χ4n) is 3.65. The largest absolute Gasteiger partial charge is 0.298 e. The van der Waals surface area contributed by atoms with Crippen LogP contribution in [-0.4, -0.2) is 52.2 Å². The minimum atomic E-state index is 0.763. The van der Waals surface area contributed by atoms with Crippen LogP contribution >= 0.6 is 15.9 Å². The Labute approximate surface area is 145 Å². The summed E-state index contributed by atoms with van der Waals surface area (Å²) in [6, 6.07) is 13.2. The van der Waals surface area contributed by atoms with Gasteiger partial charge in [0.05, 0.1) is 11.4 Å². The highest BCUT2D eigenvalue weighted by Gasteiger charge is 2.30. The van der Waals surface area contributed by atoms with E-state index in [1.807, 2.05) is 12.1 Å². The van der Waals surface area contributed by atoms with E-state index in [0.717, 1.165) is 40.6 Å². The zero-order chi connectivity index (χ0) is 15.6. The first-order valence-electron chi connectivity index (χ1n) is 8.33. The molecule has 0 amide bonds. The van der Waals surface area contributed by atoms with Crippen LogP contribution in [0.25, 0.3) is 11.3 Å². The molecule has 5 heteroatoms. The quantitative estimate of drug-likeness (QED) is 0.827. The van der Waals surface area contributed by atoms with Crippen molar-refractivity contribution in [2.75, 3.05) is 26.2 Å². The normalized spacial score (nSPS) is 22.2. The first kappa shape index (κ1) is 15.2. The third-order valence-electron chi connectivity index (χ3n) is 4.92. The molecule has 2 fully saturated rings. The Morgan fingerprint density at radius 3 is 2.65 bits per heavy atom. The monoisotopic (exact) mass is 372 g/mol. The summed E-state index contributed by atoms with van der Waals surface area (Å²) in [6.07, 6.45) is 2.71. The van der Waals surface area contributed by atoms with Gasteiger partial charge in [-0.3, -0.25) is 9.80 Å². The number of halogens is 1. The summed E-state index contributed by atoms with van der Waals surface area (Å²) < 4.78 is 1.08. The fraction of sp³-hybridized carbons (Fsp3) is 0.444. The maximum Gasteiger partial charge on any atom is 0.0929 e. The molecule has 1 aromatic heterocycles. The maximum atomic E-state index is 4.44. The van der Waals surface area contributed by atoms with Gasteiger partial charge in [-0.2, -0.15) is 10.2 Å². The van der Waals surface area contributed by atoms with Crippen LogP contribution in [0.4, 0.5) is 0 Å². The minimum absolute atomic E-state index is 0.763. The van der Waals surface area contributed by atoms with Crippen LogP contribution in [0.1, 0.15) is 18.5 Å². The highest BCUT2D eigenvalue weighted by Crippen LogP contribution is 2.23. The van der Waals surface area contributed by atoms with E-state index < -0.39 is 0 Å². The van der Waals surface area contributed by atoms with E-state index in [9.17, 15) is 0 Å². The number of benzene rings is 1. The molecule has 4 nitrogen and oxygen atoms in total. The first-order chi connectivity index (χ1) is 11.3. The minimum Gasteiger partial charge on any atom is -0.298 e. The molecule has 3 heterocycles. The van der Waals surface area contributed by atoms with Crippen molar-refractivity contribution >= 4 is 15.9 Å². The van der Waals surface area contributed by atoms with Gasteiger partial charge >= 0.3 is 0 Å². The SMILES string of the molecule is Brc1ccc(-c2ccc(CN3CCN4CCC[C@H]4C3)nn2)cc1. The van der Waals surface area contributed by atoms with Gasteiger partial charge in [-0.25, -0.2) is 0 Å². The summed E-state index contributed by atoms with van der Waals surface area (Å²) in [6.45, 7) is 5.73. The fourth-order valence-corrected chi connectivity index (χ4v) is 3.91. The summed E-state index contributed by atoms with van der Waals surface area (Å²) in [5.41, 5.74) is 3.10. The Morgan fingerprint density at radius 2 is 1.87 bits per heavy atom. The predicted molar refractivity (Wildman–Crippen MR) is 95.0 cm³/mol. The van der Waals surface area contributed by atoms with Crippen molar-refractivity contribution < 1.29 is 0 Å². The third kappa shape index (κ3) is 3.47. The van der Waals surface area contributed by atoms with Crippen LogP contribution in [-0.2, 0) is 6.54 Å². The number of hydrogen-bond donors (Lipinski definition) is 0. The molecular formula is C18H21BrN4. The molecule has 0 saturated carbocycles. The summed E-state index contributed by atoms with van der Waals surface area (Å²) in [5.74, 6) is 0. The topological polar surface area (TPSA) is 32.3 Å². The van der Waals surface area contributed by atoms with Crippen molar-refractivity contribution in [1.82, 2.24) is 20.0 Å². The average Bonchev–Trinajstić information content (AvgIpc) is 3.04. The molecule has 0 spiro atoms.